The molecule has 1 aromatic rings. The summed E-state index contributed by atoms with van der Waals surface area (Å²) in [5.41, 5.74) is 6.59. The molecular formula is C13H20INO. The van der Waals surface area contributed by atoms with Crippen LogP contribution in [0.25, 0.3) is 0 Å². The topological polar surface area (TPSA) is 35.2 Å². The molecule has 0 fully saturated rings. The van der Waals surface area contributed by atoms with Crippen molar-refractivity contribution in [3.05, 3.63) is 21.8 Å². The third kappa shape index (κ3) is 5.05. The van der Waals surface area contributed by atoms with Crippen LogP contribution in [0.4, 0.5) is 5.69 Å². The molecule has 0 heterocycles. The zero-order valence-electron chi connectivity index (χ0n) is 9.84. The lowest BCUT2D eigenvalue weighted by Crippen LogP contribution is -2.00. The summed E-state index contributed by atoms with van der Waals surface area (Å²) in [6, 6.07) is 5.90. The Morgan fingerprint density at radius 1 is 1.19 bits per heavy atom. The van der Waals surface area contributed by atoms with E-state index in [9.17, 15) is 0 Å². The molecule has 2 N–H and O–H groups in total. The SMILES string of the molecule is CCCCCCCOc1ccc(I)cc1N. The van der Waals surface area contributed by atoms with E-state index in [0.717, 1.165) is 28.0 Å². The quantitative estimate of drug-likeness (QED) is 0.461. The van der Waals surface area contributed by atoms with E-state index in [-0.39, 0.29) is 0 Å². The van der Waals surface area contributed by atoms with Crippen molar-refractivity contribution >= 4 is 28.3 Å². The van der Waals surface area contributed by atoms with Gasteiger partial charge in [0, 0.05) is 3.57 Å². The van der Waals surface area contributed by atoms with Crippen molar-refractivity contribution in [3.63, 3.8) is 0 Å². The fourth-order valence-corrected chi connectivity index (χ4v) is 2.05. The maximum atomic E-state index is 5.85. The minimum absolute atomic E-state index is 0.737. The standard InChI is InChI=1S/C13H20INO/c1-2-3-4-5-6-9-16-13-8-7-11(14)10-12(13)15/h7-8,10H,2-6,9,15H2,1H3. The summed E-state index contributed by atoms with van der Waals surface area (Å²) in [5.74, 6) is 0.816. The summed E-state index contributed by atoms with van der Waals surface area (Å²) in [6.07, 6.45) is 6.28. The van der Waals surface area contributed by atoms with Crippen molar-refractivity contribution in [3.8, 4) is 5.75 Å². The largest absolute Gasteiger partial charge is 0.491 e. The number of hydrogen-bond acceptors (Lipinski definition) is 2. The highest BCUT2D eigenvalue weighted by molar-refractivity contribution is 14.1. The van der Waals surface area contributed by atoms with E-state index < -0.39 is 0 Å². The van der Waals surface area contributed by atoms with Gasteiger partial charge in [-0.2, -0.15) is 0 Å². The van der Waals surface area contributed by atoms with Crippen molar-refractivity contribution in [2.24, 2.45) is 0 Å². The van der Waals surface area contributed by atoms with Crippen LogP contribution in [-0.2, 0) is 0 Å². The van der Waals surface area contributed by atoms with Gasteiger partial charge in [-0.05, 0) is 47.2 Å². The number of nitrogen functional groups attached to an aromatic ring is 1. The number of anilines is 1. The van der Waals surface area contributed by atoms with Gasteiger partial charge >= 0.3 is 0 Å². The van der Waals surface area contributed by atoms with Crippen LogP contribution >= 0.6 is 22.6 Å². The molecule has 1 rings (SSSR count). The average molecular weight is 333 g/mol. The maximum Gasteiger partial charge on any atom is 0.142 e. The number of nitrogens with two attached hydrogens (primary N) is 1. The highest BCUT2D eigenvalue weighted by Gasteiger charge is 2.00. The molecule has 0 unspecified atom stereocenters. The Morgan fingerprint density at radius 3 is 2.62 bits per heavy atom. The van der Waals surface area contributed by atoms with Gasteiger partial charge in [0.2, 0.25) is 0 Å². The predicted molar refractivity (Wildman–Crippen MR) is 77.8 cm³/mol. The summed E-state index contributed by atoms with van der Waals surface area (Å²) in [6.45, 7) is 3.00. The third-order valence-corrected chi connectivity index (χ3v) is 3.15. The van der Waals surface area contributed by atoms with Gasteiger partial charge in [-0.3, -0.25) is 0 Å². The molecule has 0 aliphatic carbocycles. The van der Waals surface area contributed by atoms with Gasteiger partial charge in [0.05, 0.1) is 12.3 Å². The number of halogens is 1. The Hall–Kier alpha value is -0.450. The highest BCUT2D eigenvalue weighted by Crippen LogP contribution is 2.23. The van der Waals surface area contributed by atoms with E-state index in [1.807, 2.05) is 18.2 Å². The lowest BCUT2D eigenvalue weighted by atomic mass is 10.2. The minimum atomic E-state index is 0.737. The van der Waals surface area contributed by atoms with Crippen LogP contribution in [0, 0.1) is 3.57 Å². The molecular weight excluding hydrogens is 313 g/mol. The zero-order valence-corrected chi connectivity index (χ0v) is 12.0. The van der Waals surface area contributed by atoms with Gasteiger partial charge in [0.15, 0.2) is 0 Å². The Morgan fingerprint density at radius 2 is 1.94 bits per heavy atom. The molecule has 0 bridgehead atoms. The van der Waals surface area contributed by atoms with Crippen molar-refractivity contribution in [1.82, 2.24) is 0 Å². The van der Waals surface area contributed by atoms with E-state index in [4.69, 9.17) is 10.5 Å². The Balaban J connectivity index is 2.21. The summed E-state index contributed by atoms with van der Waals surface area (Å²) in [4.78, 5) is 0. The predicted octanol–water partition coefficient (Wildman–Crippen LogP) is 4.22. The van der Waals surface area contributed by atoms with Crippen molar-refractivity contribution in [1.29, 1.82) is 0 Å². The Labute approximate surface area is 112 Å². The van der Waals surface area contributed by atoms with Crippen molar-refractivity contribution < 1.29 is 4.74 Å². The van der Waals surface area contributed by atoms with Gasteiger partial charge in [0.25, 0.3) is 0 Å². The van der Waals surface area contributed by atoms with E-state index in [2.05, 4.69) is 29.5 Å². The Bertz CT molecular complexity index is 315. The monoisotopic (exact) mass is 333 g/mol. The normalized spacial score (nSPS) is 10.4. The average Bonchev–Trinajstić information content (AvgIpc) is 2.26. The van der Waals surface area contributed by atoms with Crippen LogP contribution in [-0.4, -0.2) is 6.61 Å². The molecule has 0 saturated carbocycles. The second-order valence-electron chi connectivity index (χ2n) is 3.94. The number of benzene rings is 1. The first kappa shape index (κ1) is 13.6. The molecule has 0 saturated heterocycles. The molecule has 0 aliphatic heterocycles. The van der Waals surface area contributed by atoms with E-state index >= 15 is 0 Å². The minimum Gasteiger partial charge on any atom is -0.491 e. The molecule has 2 nitrogen and oxygen atoms in total. The van der Waals surface area contributed by atoms with Crippen molar-refractivity contribution in [2.75, 3.05) is 12.3 Å². The second-order valence-corrected chi connectivity index (χ2v) is 5.19. The molecule has 16 heavy (non-hydrogen) atoms. The summed E-state index contributed by atoms with van der Waals surface area (Å²) in [5, 5.41) is 0. The van der Waals surface area contributed by atoms with E-state index in [0.29, 0.717) is 0 Å². The third-order valence-electron chi connectivity index (χ3n) is 2.48. The summed E-state index contributed by atoms with van der Waals surface area (Å²) < 4.78 is 6.79. The summed E-state index contributed by atoms with van der Waals surface area (Å²) >= 11 is 2.25. The molecule has 0 spiro atoms. The molecule has 3 heteroatoms. The van der Waals surface area contributed by atoms with E-state index in [1.54, 1.807) is 0 Å². The number of hydrogen-bond donors (Lipinski definition) is 1. The van der Waals surface area contributed by atoms with Gasteiger partial charge in [-0.25, -0.2) is 0 Å². The second kappa shape index (κ2) is 7.76. The van der Waals surface area contributed by atoms with Gasteiger partial charge in [-0.15, -0.1) is 0 Å². The molecule has 90 valence electrons. The lowest BCUT2D eigenvalue weighted by Gasteiger charge is -2.08. The Kier molecular flexibility index (Phi) is 6.61. The van der Waals surface area contributed by atoms with Crippen LogP contribution in [0.5, 0.6) is 5.75 Å². The molecule has 0 radical (unpaired) electrons. The highest BCUT2D eigenvalue weighted by atomic mass is 127. The molecule has 0 atom stereocenters. The first-order valence-corrected chi connectivity index (χ1v) is 6.99. The molecule has 0 aliphatic rings. The first-order valence-electron chi connectivity index (χ1n) is 5.92. The van der Waals surface area contributed by atoms with Crippen molar-refractivity contribution in [2.45, 2.75) is 39.0 Å². The number of ether oxygens (including phenoxy) is 1. The van der Waals surface area contributed by atoms with Crippen LogP contribution in [0.3, 0.4) is 0 Å². The summed E-state index contributed by atoms with van der Waals surface area (Å²) in [7, 11) is 0. The van der Waals surface area contributed by atoms with Gasteiger partial charge in [-0.1, -0.05) is 32.6 Å². The smallest absolute Gasteiger partial charge is 0.142 e. The maximum absolute atomic E-state index is 5.85. The fourth-order valence-electron chi connectivity index (χ4n) is 1.54. The fraction of sp³-hybridized carbons (Fsp3) is 0.538. The molecule has 1 aromatic carbocycles. The lowest BCUT2D eigenvalue weighted by molar-refractivity contribution is 0.306. The van der Waals surface area contributed by atoms with Gasteiger partial charge < -0.3 is 10.5 Å². The van der Waals surface area contributed by atoms with E-state index in [1.165, 1.54) is 25.7 Å². The molecule has 0 aromatic heterocycles. The van der Waals surface area contributed by atoms with Gasteiger partial charge in [0.1, 0.15) is 5.75 Å². The van der Waals surface area contributed by atoms with Crippen LogP contribution in [0.1, 0.15) is 39.0 Å². The van der Waals surface area contributed by atoms with Crippen LogP contribution in [0.15, 0.2) is 18.2 Å². The first-order chi connectivity index (χ1) is 7.74. The molecule has 0 amide bonds. The number of rotatable bonds is 7. The van der Waals surface area contributed by atoms with Crippen LogP contribution < -0.4 is 10.5 Å². The zero-order chi connectivity index (χ0) is 11.8. The number of unbranched alkanes of at least 4 members (excludes halogenated alkanes) is 4. The van der Waals surface area contributed by atoms with Crippen LogP contribution in [0.2, 0.25) is 0 Å².